The molecule has 1 amide bonds. The van der Waals surface area contributed by atoms with Crippen LogP contribution in [0.1, 0.15) is 53.1 Å². The van der Waals surface area contributed by atoms with Gasteiger partial charge in [0.15, 0.2) is 5.43 Å². The summed E-state index contributed by atoms with van der Waals surface area (Å²) >= 11 is 0. The molecule has 0 spiro atoms. The van der Waals surface area contributed by atoms with Gasteiger partial charge in [-0.15, -0.1) is 0 Å². The number of benzene rings is 2. The Balaban J connectivity index is 1.50. The Morgan fingerprint density at radius 3 is 2.54 bits per heavy atom. The van der Waals surface area contributed by atoms with Gasteiger partial charge in [-0.3, -0.25) is 14.5 Å². The summed E-state index contributed by atoms with van der Waals surface area (Å²) in [5.74, 6) is 0.715. The third kappa shape index (κ3) is 4.70. The molecule has 184 valence electrons. The highest BCUT2D eigenvalue weighted by atomic mass is 16.5. The summed E-state index contributed by atoms with van der Waals surface area (Å²) in [6.45, 7) is 9.37. The summed E-state index contributed by atoms with van der Waals surface area (Å²) < 4.78 is 17.2. The van der Waals surface area contributed by atoms with Crippen LogP contribution in [-0.2, 0) is 4.74 Å². The van der Waals surface area contributed by atoms with E-state index in [1.54, 1.807) is 11.0 Å². The van der Waals surface area contributed by atoms with Crippen molar-refractivity contribution in [3.8, 4) is 5.75 Å². The maximum atomic E-state index is 13.7. The highest BCUT2D eigenvalue weighted by Gasteiger charge is 2.42. The predicted octanol–water partition coefficient (Wildman–Crippen LogP) is 4.16. The second kappa shape index (κ2) is 10.2. The topological polar surface area (TPSA) is 72.2 Å². The first kappa shape index (κ1) is 23.6. The molecule has 0 saturated carbocycles. The van der Waals surface area contributed by atoms with E-state index in [9.17, 15) is 9.59 Å². The van der Waals surface area contributed by atoms with Crippen molar-refractivity contribution >= 4 is 16.9 Å². The molecular weight excluding hydrogens is 444 g/mol. The second-order valence-electron chi connectivity index (χ2n) is 9.30. The van der Waals surface area contributed by atoms with Gasteiger partial charge < -0.3 is 18.8 Å². The minimum absolute atomic E-state index is 0.134. The van der Waals surface area contributed by atoms with Crippen molar-refractivity contribution in [2.75, 3.05) is 46.0 Å². The van der Waals surface area contributed by atoms with Gasteiger partial charge in [0.2, 0.25) is 5.76 Å². The van der Waals surface area contributed by atoms with Gasteiger partial charge in [-0.2, -0.15) is 0 Å². The molecule has 0 bridgehead atoms. The lowest BCUT2D eigenvalue weighted by molar-refractivity contribution is 0.0353. The number of amides is 1. The first-order chi connectivity index (χ1) is 17.1. The Morgan fingerprint density at radius 2 is 1.80 bits per heavy atom. The quantitative estimate of drug-likeness (QED) is 0.486. The smallest absolute Gasteiger partial charge is 0.290 e. The predicted molar refractivity (Wildman–Crippen MR) is 134 cm³/mol. The summed E-state index contributed by atoms with van der Waals surface area (Å²) in [5.41, 5.74) is 2.61. The minimum atomic E-state index is -0.483. The van der Waals surface area contributed by atoms with Crippen LogP contribution in [0.15, 0.2) is 51.7 Å². The summed E-state index contributed by atoms with van der Waals surface area (Å²) in [4.78, 5) is 31.4. The second-order valence-corrected chi connectivity index (χ2v) is 9.30. The first-order valence-electron chi connectivity index (χ1n) is 12.5. The number of carbonyl (C=O) groups is 1. The molecule has 0 radical (unpaired) electrons. The van der Waals surface area contributed by atoms with Gasteiger partial charge in [-0.1, -0.05) is 30.7 Å². The van der Waals surface area contributed by atoms with Gasteiger partial charge in [0, 0.05) is 26.2 Å². The number of hydrogen-bond donors (Lipinski definition) is 0. The molecule has 1 saturated heterocycles. The lowest BCUT2D eigenvalue weighted by Gasteiger charge is -2.29. The Bertz CT molecular complexity index is 1260. The number of carbonyl (C=O) groups excluding carboxylic acids is 1. The summed E-state index contributed by atoms with van der Waals surface area (Å²) in [6, 6.07) is 12.7. The Hall–Kier alpha value is -3.16. The van der Waals surface area contributed by atoms with Gasteiger partial charge in [0.25, 0.3) is 5.91 Å². The molecule has 2 aromatic carbocycles. The number of morpholine rings is 1. The summed E-state index contributed by atoms with van der Waals surface area (Å²) in [6.07, 6.45) is 1.73. The van der Waals surface area contributed by atoms with Crippen molar-refractivity contribution in [3.63, 3.8) is 0 Å². The van der Waals surface area contributed by atoms with Crippen LogP contribution in [-0.4, -0.2) is 61.7 Å². The number of ether oxygens (including phenoxy) is 2. The molecule has 3 heterocycles. The third-order valence-electron chi connectivity index (χ3n) is 6.77. The minimum Gasteiger partial charge on any atom is -0.494 e. The molecule has 1 fully saturated rings. The van der Waals surface area contributed by atoms with Crippen LogP contribution in [0.25, 0.3) is 11.0 Å². The zero-order valence-corrected chi connectivity index (χ0v) is 20.4. The van der Waals surface area contributed by atoms with E-state index in [4.69, 9.17) is 13.9 Å². The van der Waals surface area contributed by atoms with Crippen LogP contribution in [0.3, 0.4) is 0 Å². The molecule has 3 aromatic rings. The summed E-state index contributed by atoms with van der Waals surface area (Å²) in [5, 5.41) is 0.514. The van der Waals surface area contributed by atoms with E-state index in [1.807, 2.05) is 43.3 Å². The van der Waals surface area contributed by atoms with E-state index in [0.29, 0.717) is 29.7 Å². The highest BCUT2D eigenvalue weighted by molar-refractivity contribution is 5.99. The molecule has 1 atom stereocenters. The SMILES string of the molecule is CCCOc1ccc([C@H]2c3c(oc4ccc(C)cc4c3=O)C(=O)N2CCCN2CCOCC2)cc1. The van der Waals surface area contributed by atoms with Crippen molar-refractivity contribution in [2.24, 2.45) is 0 Å². The molecule has 35 heavy (non-hydrogen) atoms. The fourth-order valence-corrected chi connectivity index (χ4v) is 4.97. The third-order valence-corrected chi connectivity index (χ3v) is 6.77. The van der Waals surface area contributed by atoms with Gasteiger partial charge in [0.05, 0.1) is 36.8 Å². The van der Waals surface area contributed by atoms with E-state index in [-0.39, 0.29) is 17.1 Å². The van der Waals surface area contributed by atoms with Crippen molar-refractivity contribution in [3.05, 3.63) is 75.1 Å². The van der Waals surface area contributed by atoms with Crippen molar-refractivity contribution < 1.29 is 18.7 Å². The van der Waals surface area contributed by atoms with E-state index in [1.165, 1.54) is 0 Å². The lowest BCUT2D eigenvalue weighted by Crippen LogP contribution is -2.38. The molecule has 0 N–H and O–H groups in total. The average molecular weight is 477 g/mol. The molecule has 0 aliphatic carbocycles. The number of fused-ring (bicyclic) bond motifs is 2. The Morgan fingerprint density at radius 1 is 1.03 bits per heavy atom. The van der Waals surface area contributed by atoms with E-state index >= 15 is 0 Å². The number of hydrogen-bond acceptors (Lipinski definition) is 6. The highest BCUT2D eigenvalue weighted by Crippen LogP contribution is 2.38. The monoisotopic (exact) mass is 476 g/mol. The Labute approximate surface area is 205 Å². The summed E-state index contributed by atoms with van der Waals surface area (Å²) in [7, 11) is 0. The normalized spacial score (nSPS) is 18.3. The van der Waals surface area contributed by atoms with E-state index in [0.717, 1.165) is 62.6 Å². The molecule has 7 nitrogen and oxygen atoms in total. The fourth-order valence-electron chi connectivity index (χ4n) is 4.97. The lowest BCUT2D eigenvalue weighted by atomic mass is 9.98. The largest absolute Gasteiger partial charge is 0.494 e. The van der Waals surface area contributed by atoms with Crippen LogP contribution >= 0.6 is 0 Å². The zero-order chi connectivity index (χ0) is 24.4. The van der Waals surface area contributed by atoms with Crippen LogP contribution in [0, 0.1) is 6.92 Å². The molecular formula is C28H32N2O5. The molecule has 2 aliphatic rings. The maximum absolute atomic E-state index is 13.7. The van der Waals surface area contributed by atoms with E-state index in [2.05, 4.69) is 11.8 Å². The van der Waals surface area contributed by atoms with Gasteiger partial charge >= 0.3 is 0 Å². The van der Waals surface area contributed by atoms with Gasteiger partial charge in [-0.25, -0.2) is 0 Å². The molecule has 1 aromatic heterocycles. The molecule has 7 heteroatoms. The zero-order valence-electron chi connectivity index (χ0n) is 20.4. The fraction of sp³-hybridized carbons (Fsp3) is 0.429. The van der Waals surface area contributed by atoms with Crippen molar-refractivity contribution in [2.45, 2.75) is 32.7 Å². The number of aryl methyl sites for hydroxylation is 1. The van der Waals surface area contributed by atoms with Crippen LogP contribution in [0.4, 0.5) is 0 Å². The van der Waals surface area contributed by atoms with E-state index < -0.39 is 6.04 Å². The van der Waals surface area contributed by atoms with Crippen LogP contribution < -0.4 is 10.2 Å². The maximum Gasteiger partial charge on any atom is 0.290 e. The average Bonchev–Trinajstić information content (AvgIpc) is 3.16. The Kier molecular flexibility index (Phi) is 6.88. The van der Waals surface area contributed by atoms with Crippen LogP contribution in [0.2, 0.25) is 0 Å². The standard InChI is InChI=1S/C28H32N2O5/c1-3-15-34-21-8-6-20(7-9-21)25-24-26(31)22-18-19(2)5-10-23(22)35-27(24)28(32)30(25)12-4-11-29-13-16-33-17-14-29/h5-10,18,25H,3-4,11-17H2,1-2H3/t25-/m0/s1. The van der Waals surface area contributed by atoms with Gasteiger partial charge in [-0.05, 0) is 49.6 Å². The molecule has 0 unspecified atom stereocenters. The first-order valence-corrected chi connectivity index (χ1v) is 12.5. The number of rotatable bonds is 8. The van der Waals surface area contributed by atoms with Crippen molar-refractivity contribution in [1.29, 1.82) is 0 Å². The molecule has 5 rings (SSSR count). The molecule has 2 aliphatic heterocycles. The van der Waals surface area contributed by atoms with Crippen molar-refractivity contribution in [1.82, 2.24) is 9.80 Å². The number of nitrogens with zero attached hydrogens (tertiary/aromatic N) is 2. The van der Waals surface area contributed by atoms with Gasteiger partial charge in [0.1, 0.15) is 11.3 Å². The van der Waals surface area contributed by atoms with Crippen LogP contribution in [0.5, 0.6) is 5.75 Å².